The number of aliphatic hydroxyl groups is 2. The van der Waals surface area contributed by atoms with Gasteiger partial charge in [0.15, 0.2) is 0 Å². The van der Waals surface area contributed by atoms with Crippen molar-refractivity contribution in [1.29, 1.82) is 0 Å². The molecule has 2 heterocycles. The first kappa shape index (κ1) is 61.9. The summed E-state index contributed by atoms with van der Waals surface area (Å²) in [6.45, 7) is 11.5. The topological polar surface area (TPSA) is 140 Å². The minimum absolute atomic E-state index is 0. The molecule has 3 aliphatic rings. The number of aliphatic hydroxyl groups excluding tert-OH is 2. The summed E-state index contributed by atoms with van der Waals surface area (Å²) in [5, 5.41) is 17.7. The molecule has 0 aromatic carbocycles. The average Bonchev–Trinajstić information content (AvgIpc) is 3.06. The van der Waals surface area contributed by atoms with Crippen LogP contribution >= 0.6 is 36.2 Å². The highest BCUT2D eigenvalue weighted by molar-refractivity contribution is 8.05. The first-order valence-electron chi connectivity index (χ1n) is 17.3. The molecular weight excluding hydrogens is 763 g/mol. The highest BCUT2D eigenvalue weighted by Crippen LogP contribution is 2.57. The molecule has 0 spiro atoms. The van der Waals surface area contributed by atoms with E-state index in [9.17, 15) is 9.13 Å². The molecule has 12 nitrogen and oxygen atoms in total. The lowest BCUT2D eigenvalue weighted by molar-refractivity contribution is 0.0503. The molecular formula is C37H81Cl2N3O9P2. The molecule has 322 valence electrons. The first-order valence-corrected chi connectivity index (χ1v) is 22.7. The predicted molar refractivity (Wildman–Crippen MR) is 228 cm³/mol. The molecule has 0 radical (unpaired) electrons. The van der Waals surface area contributed by atoms with E-state index in [0.717, 1.165) is 71.4 Å². The van der Waals surface area contributed by atoms with E-state index < -0.39 is 13.7 Å². The lowest BCUT2D eigenvalue weighted by Gasteiger charge is -2.28. The van der Waals surface area contributed by atoms with E-state index >= 15 is 0 Å². The van der Waals surface area contributed by atoms with Crippen LogP contribution in [0.3, 0.4) is 0 Å². The maximum Gasteiger partial charge on any atom is 0.380 e. The van der Waals surface area contributed by atoms with Gasteiger partial charge < -0.3 is 43.1 Å². The van der Waals surface area contributed by atoms with Gasteiger partial charge >= 0.3 is 13.7 Å². The Hall–Kier alpha value is -0.330. The van der Waals surface area contributed by atoms with Crippen molar-refractivity contribution in [2.24, 2.45) is 17.8 Å². The summed E-state index contributed by atoms with van der Waals surface area (Å²) in [7, 11) is 5.07. The van der Waals surface area contributed by atoms with Gasteiger partial charge in [-0.05, 0) is 125 Å². The second-order valence-electron chi connectivity index (χ2n) is 12.5. The lowest BCUT2D eigenvalue weighted by Crippen LogP contribution is -2.32. The number of aromatic nitrogens is 1. The number of ether oxygens (including phenoxy) is 2. The molecule has 1 aliphatic heterocycles. The third-order valence-electron chi connectivity index (χ3n) is 8.04. The highest BCUT2D eigenvalue weighted by Gasteiger charge is 2.24. The largest absolute Gasteiger partial charge is 0.396 e. The Bertz CT molecular complexity index is 995. The lowest BCUT2D eigenvalue weighted by atomic mass is 9.83. The molecule has 1 atom stereocenters. The van der Waals surface area contributed by atoms with Crippen molar-refractivity contribution in [3.63, 3.8) is 0 Å². The predicted octanol–water partition coefficient (Wildman–Crippen LogP) is 10.1. The van der Waals surface area contributed by atoms with Crippen molar-refractivity contribution in [2.45, 2.75) is 101 Å². The number of hydrogen-bond donors (Lipinski definition) is 2. The van der Waals surface area contributed by atoms with Crippen LogP contribution in [-0.2, 0) is 32.2 Å². The van der Waals surface area contributed by atoms with Crippen molar-refractivity contribution in [1.82, 2.24) is 9.88 Å². The Morgan fingerprint density at radius 2 is 1.28 bits per heavy atom. The molecule has 3 fully saturated rings. The smallest absolute Gasteiger partial charge is 0.380 e. The SMILES string of the molecule is C.C.C.C.CCOP(=O)(Cl)Cl.CCOP(C)(=O)OCC1CCC(COC)CC1.CN(C)c1ccncc1.CN1CCOCC1.OCC1CCC(O)CC1. The number of hydrogen-bond acceptors (Lipinski definition) is 12. The highest BCUT2D eigenvalue weighted by atomic mass is 35.9. The van der Waals surface area contributed by atoms with Crippen LogP contribution in [0, 0.1) is 17.8 Å². The summed E-state index contributed by atoms with van der Waals surface area (Å²) >= 11 is 9.86. The Morgan fingerprint density at radius 1 is 0.830 bits per heavy atom. The summed E-state index contributed by atoms with van der Waals surface area (Å²) in [4.78, 5) is 8.21. The summed E-state index contributed by atoms with van der Waals surface area (Å²) in [6.07, 6.45) is 8.67. The first-order chi connectivity index (χ1) is 23.2. The van der Waals surface area contributed by atoms with Gasteiger partial charge in [-0.15, -0.1) is 0 Å². The van der Waals surface area contributed by atoms with E-state index in [-0.39, 0.29) is 42.4 Å². The average molecular weight is 845 g/mol. The monoisotopic (exact) mass is 843 g/mol. The van der Waals surface area contributed by atoms with Crippen molar-refractivity contribution in [2.75, 3.05) is 99.2 Å². The van der Waals surface area contributed by atoms with E-state index in [2.05, 4.69) is 21.5 Å². The van der Waals surface area contributed by atoms with Crippen LogP contribution < -0.4 is 4.90 Å². The van der Waals surface area contributed by atoms with Gasteiger partial charge in [0.25, 0.3) is 0 Å². The van der Waals surface area contributed by atoms with Crippen molar-refractivity contribution >= 4 is 41.8 Å². The number of pyridine rings is 1. The number of rotatable bonds is 11. The van der Waals surface area contributed by atoms with Gasteiger partial charge in [-0.1, -0.05) is 29.7 Å². The van der Waals surface area contributed by atoms with Gasteiger partial charge in [0.05, 0.1) is 39.1 Å². The van der Waals surface area contributed by atoms with Crippen LogP contribution in [0.15, 0.2) is 24.5 Å². The third-order valence-corrected chi connectivity index (χ3v) is 10.5. The van der Waals surface area contributed by atoms with Gasteiger partial charge in [0.2, 0.25) is 0 Å². The molecule has 1 aromatic heterocycles. The second-order valence-corrected chi connectivity index (χ2v) is 18.9. The number of likely N-dealkylation sites (N-methyl/N-ethyl adjacent to an activating group) is 1. The molecule has 1 saturated heterocycles. The van der Waals surface area contributed by atoms with Crippen molar-refractivity contribution in [3.05, 3.63) is 24.5 Å². The van der Waals surface area contributed by atoms with Crippen LogP contribution in [0.5, 0.6) is 0 Å². The number of anilines is 1. The Labute approximate surface area is 335 Å². The molecule has 0 bridgehead atoms. The van der Waals surface area contributed by atoms with Gasteiger partial charge in [-0.3, -0.25) is 14.1 Å². The Kier molecular flexibility index (Phi) is 43.5. The maximum atomic E-state index is 11.8. The molecule has 4 rings (SSSR count). The number of morpholine rings is 1. The molecule has 1 aromatic rings. The van der Waals surface area contributed by atoms with Crippen LogP contribution in [0.4, 0.5) is 5.69 Å². The van der Waals surface area contributed by atoms with Crippen LogP contribution in [0.25, 0.3) is 0 Å². The molecule has 1 unspecified atom stereocenters. The molecule has 53 heavy (non-hydrogen) atoms. The molecule has 0 amide bonds. The van der Waals surface area contributed by atoms with E-state index in [4.69, 9.17) is 51.2 Å². The van der Waals surface area contributed by atoms with Gasteiger partial charge in [-0.2, -0.15) is 0 Å². The fourth-order valence-electron chi connectivity index (χ4n) is 5.09. The summed E-state index contributed by atoms with van der Waals surface area (Å²) in [5.41, 5.74) is 1.19. The Balaban J connectivity index is -0.000000186. The van der Waals surface area contributed by atoms with Crippen LogP contribution in [0.1, 0.15) is 94.9 Å². The van der Waals surface area contributed by atoms with E-state index in [1.165, 1.54) is 18.5 Å². The Morgan fingerprint density at radius 3 is 1.60 bits per heavy atom. The van der Waals surface area contributed by atoms with E-state index in [1.54, 1.807) is 33.1 Å². The van der Waals surface area contributed by atoms with Crippen molar-refractivity contribution in [3.8, 4) is 0 Å². The maximum absolute atomic E-state index is 11.8. The van der Waals surface area contributed by atoms with Crippen molar-refractivity contribution < 1.29 is 42.4 Å². The zero-order valence-electron chi connectivity index (χ0n) is 30.9. The molecule has 2 N–H and O–H groups in total. The summed E-state index contributed by atoms with van der Waals surface area (Å²) in [5.74, 6) is 1.68. The zero-order chi connectivity index (χ0) is 37.1. The second kappa shape index (κ2) is 37.3. The van der Waals surface area contributed by atoms with Crippen LogP contribution in [-0.4, -0.2) is 120 Å². The standard InChI is InChI=1S/C12H25O4P.C7H10N2.C7H14O2.C5H11NO.C2H5Cl2O2P.4CH4/c1-4-15-17(3,13)16-10-12-7-5-11(6-8-12)9-14-2;1-9(2)7-3-5-8-6-4-7;8-5-6-1-3-7(9)4-2-6;1-6-2-4-7-5-3-6;1-2-6-7(3,4)5;;;;/h11-12H,4-10H2,1-3H3;3-6H,1-2H3;6-9H,1-5H2;2-5H2,1H3;2H2,1H3;4*1H4. The molecule has 2 saturated carbocycles. The zero-order valence-corrected chi connectivity index (χ0v) is 34.2. The molecule has 16 heteroatoms. The molecule has 2 aliphatic carbocycles. The van der Waals surface area contributed by atoms with Gasteiger partial charge in [0, 0.05) is 72.3 Å². The van der Waals surface area contributed by atoms with Gasteiger partial charge in [0.1, 0.15) is 0 Å². The fraction of sp³-hybridized carbons (Fsp3) is 0.865. The summed E-state index contributed by atoms with van der Waals surface area (Å²) in [6, 6.07) is 3.94. The minimum atomic E-state index is -3.22. The van der Waals surface area contributed by atoms with Crippen LogP contribution in [0.2, 0.25) is 0 Å². The number of halogens is 2. The number of nitrogens with zero attached hydrogens (tertiary/aromatic N) is 3. The quantitative estimate of drug-likeness (QED) is 0.205. The number of methoxy groups -OCH3 is 1. The minimum Gasteiger partial charge on any atom is -0.396 e. The van der Waals surface area contributed by atoms with Gasteiger partial charge in [-0.25, -0.2) is 0 Å². The fourth-order valence-corrected chi connectivity index (χ4v) is 7.00. The van der Waals surface area contributed by atoms with E-state index in [1.807, 2.05) is 38.1 Å². The third kappa shape index (κ3) is 37.0. The summed E-state index contributed by atoms with van der Waals surface area (Å²) < 4.78 is 47.0. The normalized spacial score (nSPS) is 21.9. The van der Waals surface area contributed by atoms with E-state index in [0.29, 0.717) is 37.6 Å².